The number of alkyl halides is 4. The number of rotatable bonds is 12. The number of carbonyl (C=O) groups excluding carboxylic acids is 2. The van der Waals surface area contributed by atoms with Crippen molar-refractivity contribution in [3.05, 3.63) is 132 Å². The second-order valence-corrected chi connectivity index (χ2v) is 8.86. The molecule has 0 spiro atoms. The van der Waals surface area contributed by atoms with Gasteiger partial charge in [0.1, 0.15) is 24.7 Å². The zero-order chi connectivity index (χ0) is 34.3. The molecule has 0 fully saturated rings. The molecular weight excluding hydrogens is 604 g/mol. The largest absolute Gasteiger partial charge is 0.458 e. The minimum absolute atomic E-state index is 0.121. The van der Waals surface area contributed by atoms with E-state index >= 15 is 17.6 Å². The molecule has 0 aromatic heterocycles. The molecule has 0 bridgehead atoms. The molecule has 6 nitrogen and oxygen atoms in total. The summed E-state index contributed by atoms with van der Waals surface area (Å²) in [6, 6.07) is 18.2. The van der Waals surface area contributed by atoms with Gasteiger partial charge in [-0.05, 0) is 47.5 Å². The summed E-state index contributed by atoms with van der Waals surface area (Å²) in [5, 5.41) is 0.246. The molecule has 244 valence electrons. The Morgan fingerprint density at radius 2 is 0.913 bits per heavy atom. The summed E-state index contributed by atoms with van der Waals surface area (Å²) in [5.74, 6) is -1.81. The van der Waals surface area contributed by atoms with Crippen LogP contribution < -0.4 is 9.47 Å². The summed E-state index contributed by atoms with van der Waals surface area (Å²) in [6.07, 6.45) is -5.59. The highest BCUT2D eigenvalue weighted by atomic mass is 19.3. The van der Waals surface area contributed by atoms with Gasteiger partial charge >= 0.3 is 24.2 Å². The van der Waals surface area contributed by atoms with E-state index in [1.807, 2.05) is 27.7 Å². The van der Waals surface area contributed by atoms with E-state index in [0.717, 1.165) is 36.4 Å². The molecule has 4 rings (SSSR count). The molecular formula is C36H36F4O6. The summed E-state index contributed by atoms with van der Waals surface area (Å²) in [7, 11) is 0. The van der Waals surface area contributed by atoms with Gasteiger partial charge in [0.2, 0.25) is 0 Å². The van der Waals surface area contributed by atoms with Crippen LogP contribution in [0.5, 0.6) is 11.5 Å². The molecule has 0 atom stereocenters. The van der Waals surface area contributed by atoms with Gasteiger partial charge in [-0.15, -0.1) is 0 Å². The van der Waals surface area contributed by atoms with Crippen molar-refractivity contribution < 1.29 is 46.1 Å². The SMILES string of the molecule is C=CC(=O)OCc1ccc(C(F)(F)Oc2cccc3c(OC(F)(F)c4ccc(COC(=O)C=C)cc4)cccc23)cc1.CC.CC. The van der Waals surface area contributed by atoms with Gasteiger partial charge in [0.15, 0.2) is 0 Å². The lowest BCUT2D eigenvalue weighted by Crippen LogP contribution is -2.22. The van der Waals surface area contributed by atoms with Gasteiger partial charge in [-0.2, -0.15) is 17.6 Å². The van der Waals surface area contributed by atoms with Crippen LogP contribution in [0.2, 0.25) is 0 Å². The number of hydrogen-bond acceptors (Lipinski definition) is 6. The van der Waals surface area contributed by atoms with Gasteiger partial charge in [0, 0.05) is 22.9 Å². The summed E-state index contributed by atoms with van der Waals surface area (Å²) in [5.41, 5.74) is 0.00619. The third-order valence-electron chi connectivity index (χ3n) is 5.99. The molecule has 0 aliphatic heterocycles. The van der Waals surface area contributed by atoms with Crippen molar-refractivity contribution in [2.75, 3.05) is 0 Å². The van der Waals surface area contributed by atoms with Crippen molar-refractivity contribution in [3.63, 3.8) is 0 Å². The van der Waals surface area contributed by atoms with Crippen LogP contribution in [0.25, 0.3) is 10.8 Å². The third kappa shape index (κ3) is 9.95. The minimum Gasteiger partial charge on any atom is -0.458 e. The van der Waals surface area contributed by atoms with E-state index in [9.17, 15) is 9.59 Å². The average molecular weight is 641 g/mol. The summed E-state index contributed by atoms with van der Waals surface area (Å²) < 4.78 is 80.4. The van der Waals surface area contributed by atoms with Crippen LogP contribution >= 0.6 is 0 Å². The molecule has 0 saturated heterocycles. The Kier molecular flexibility index (Phi) is 14.0. The quantitative estimate of drug-likeness (QED) is 0.0873. The predicted octanol–water partition coefficient (Wildman–Crippen LogP) is 9.61. The Morgan fingerprint density at radius 3 is 1.22 bits per heavy atom. The van der Waals surface area contributed by atoms with Crippen molar-refractivity contribution in [1.82, 2.24) is 0 Å². The maximum atomic E-state index is 15.1. The molecule has 0 N–H and O–H groups in total. The molecule has 0 radical (unpaired) electrons. The first-order chi connectivity index (χ1) is 22.0. The fourth-order valence-electron chi connectivity index (χ4n) is 3.84. The normalized spacial score (nSPS) is 10.7. The Labute approximate surface area is 265 Å². The fraction of sp³-hybridized carbons (Fsp3) is 0.222. The number of esters is 2. The second-order valence-electron chi connectivity index (χ2n) is 8.86. The van der Waals surface area contributed by atoms with Crippen LogP contribution in [0.3, 0.4) is 0 Å². The topological polar surface area (TPSA) is 71.1 Å². The van der Waals surface area contributed by atoms with E-state index in [4.69, 9.17) is 18.9 Å². The number of benzene rings is 4. The zero-order valence-electron chi connectivity index (χ0n) is 26.0. The molecule has 0 unspecified atom stereocenters. The van der Waals surface area contributed by atoms with Gasteiger partial charge in [0.25, 0.3) is 0 Å². The van der Waals surface area contributed by atoms with Crippen molar-refractivity contribution in [2.24, 2.45) is 0 Å². The Morgan fingerprint density at radius 1 is 0.587 bits per heavy atom. The highest BCUT2D eigenvalue weighted by Gasteiger charge is 2.37. The Hall–Kier alpha value is -5.12. The van der Waals surface area contributed by atoms with E-state index < -0.39 is 35.3 Å². The standard InChI is InChI=1S/C32H24F4O6.2C2H6/c1-3-29(37)39-19-21-11-15-23(16-12-21)31(33,34)41-27-9-5-8-26-25(27)7-6-10-28(26)42-32(35,36)24-17-13-22(14-18-24)20-40-30(38)4-2;2*1-2/h3-18H,1-2,19-20H2;2*1-2H3. The van der Waals surface area contributed by atoms with E-state index in [2.05, 4.69) is 13.2 Å². The smallest absolute Gasteiger partial charge is 0.426 e. The van der Waals surface area contributed by atoms with Crippen LogP contribution in [-0.4, -0.2) is 11.9 Å². The number of hydrogen-bond donors (Lipinski definition) is 0. The van der Waals surface area contributed by atoms with Gasteiger partial charge < -0.3 is 18.9 Å². The molecule has 0 aliphatic rings. The van der Waals surface area contributed by atoms with Crippen LogP contribution in [0.1, 0.15) is 49.9 Å². The Bertz CT molecular complexity index is 1480. The third-order valence-corrected chi connectivity index (χ3v) is 5.99. The lowest BCUT2D eigenvalue weighted by Gasteiger charge is -2.22. The lowest BCUT2D eigenvalue weighted by molar-refractivity contribution is -0.186. The minimum atomic E-state index is -3.78. The van der Waals surface area contributed by atoms with E-state index in [-0.39, 0.29) is 35.5 Å². The van der Waals surface area contributed by atoms with Gasteiger partial charge in [-0.3, -0.25) is 0 Å². The first-order valence-electron chi connectivity index (χ1n) is 14.4. The molecule has 46 heavy (non-hydrogen) atoms. The zero-order valence-corrected chi connectivity index (χ0v) is 26.0. The summed E-state index contributed by atoms with van der Waals surface area (Å²) in [4.78, 5) is 22.4. The average Bonchev–Trinajstić information content (AvgIpc) is 3.08. The van der Waals surface area contributed by atoms with Gasteiger partial charge in [0.05, 0.1) is 11.1 Å². The maximum absolute atomic E-state index is 15.1. The fourth-order valence-corrected chi connectivity index (χ4v) is 3.84. The Balaban J connectivity index is 0.00000177. The van der Waals surface area contributed by atoms with E-state index in [0.29, 0.717) is 11.1 Å². The molecule has 4 aromatic rings. The van der Waals surface area contributed by atoms with Crippen LogP contribution in [0.15, 0.2) is 110 Å². The number of fused-ring (bicyclic) bond motifs is 1. The number of halogens is 4. The van der Waals surface area contributed by atoms with Crippen LogP contribution in [0.4, 0.5) is 17.6 Å². The first kappa shape index (κ1) is 37.1. The molecule has 0 saturated carbocycles. The molecule has 0 amide bonds. The maximum Gasteiger partial charge on any atom is 0.426 e. The highest BCUT2D eigenvalue weighted by molar-refractivity contribution is 5.93. The predicted molar refractivity (Wildman–Crippen MR) is 169 cm³/mol. The first-order valence-corrected chi connectivity index (χ1v) is 14.4. The van der Waals surface area contributed by atoms with E-state index in [1.165, 1.54) is 60.7 Å². The van der Waals surface area contributed by atoms with Crippen molar-refractivity contribution in [1.29, 1.82) is 0 Å². The molecule has 4 aromatic carbocycles. The number of carbonyl (C=O) groups is 2. The van der Waals surface area contributed by atoms with Gasteiger partial charge in [-0.25, -0.2) is 9.59 Å². The highest BCUT2D eigenvalue weighted by Crippen LogP contribution is 2.40. The molecule has 0 heterocycles. The van der Waals surface area contributed by atoms with Crippen LogP contribution in [-0.2, 0) is 44.5 Å². The number of ether oxygens (including phenoxy) is 4. The van der Waals surface area contributed by atoms with Crippen molar-refractivity contribution in [3.8, 4) is 11.5 Å². The summed E-state index contributed by atoms with van der Waals surface area (Å²) in [6.45, 7) is 14.3. The monoisotopic (exact) mass is 640 g/mol. The van der Waals surface area contributed by atoms with Crippen molar-refractivity contribution >= 4 is 22.7 Å². The molecule has 0 aliphatic carbocycles. The van der Waals surface area contributed by atoms with Crippen LogP contribution in [0, 0.1) is 0 Å². The van der Waals surface area contributed by atoms with E-state index in [1.54, 1.807) is 0 Å². The second kappa shape index (κ2) is 17.4. The summed E-state index contributed by atoms with van der Waals surface area (Å²) >= 11 is 0. The van der Waals surface area contributed by atoms with Gasteiger partial charge in [-0.1, -0.05) is 89.4 Å². The lowest BCUT2D eigenvalue weighted by atomic mass is 10.1. The van der Waals surface area contributed by atoms with Crippen molar-refractivity contribution in [2.45, 2.75) is 53.1 Å². The molecule has 10 heteroatoms.